The van der Waals surface area contributed by atoms with Gasteiger partial charge >= 0.3 is 0 Å². The number of hydrogen-bond acceptors (Lipinski definition) is 6. The summed E-state index contributed by atoms with van der Waals surface area (Å²) in [5.74, 6) is -2.14. The molecule has 116 valence electrons. The van der Waals surface area contributed by atoms with Crippen LogP contribution in [-0.4, -0.2) is 22.7 Å². The summed E-state index contributed by atoms with van der Waals surface area (Å²) >= 11 is 1.12. The Balaban J connectivity index is 2.40. The number of anilines is 3. The summed E-state index contributed by atoms with van der Waals surface area (Å²) in [4.78, 5) is 22.2. The molecule has 2 amide bonds. The van der Waals surface area contributed by atoms with Crippen LogP contribution in [0.15, 0.2) is 18.2 Å². The van der Waals surface area contributed by atoms with E-state index in [-0.39, 0.29) is 23.5 Å². The summed E-state index contributed by atoms with van der Waals surface area (Å²) in [5.41, 5.74) is 11.0. The van der Waals surface area contributed by atoms with E-state index >= 15 is 0 Å². The Kier molecular flexibility index (Phi) is 4.56. The second-order valence-corrected chi connectivity index (χ2v) is 5.30. The molecule has 1 aromatic heterocycles. The number of carbonyl (C=O) groups is 2. The van der Waals surface area contributed by atoms with Gasteiger partial charge in [-0.1, -0.05) is 0 Å². The molecule has 0 atom stereocenters. The molecule has 1 heterocycles. The number of primary amides is 2. The molecule has 1 aromatic carbocycles. The highest BCUT2D eigenvalue weighted by Gasteiger charge is 2.18. The molecule has 0 aliphatic heterocycles. The van der Waals surface area contributed by atoms with Gasteiger partial charge in [0, 0.05) is 0 Å². The van der Waals surface area contributed by atoms with E-state index in [1.807, 2.05) is 0 Å². The van der Waals surface area contributed by atoms with E-state index < -0.39 is 17.6 Å². The van der Waals surface area contributed by atoms with Gasteiger partial charge in [0.2, 0.25) is 5.91 Å². The standard InChI is InChI=1S/C13H14FN5O2S/c1-6-4-10(22-19-6)18-12-7(13(16)21)2-3-8(11(12)14)17-5-9(15)20/h2-4,17-18H,5H2,1H3,(H2,15,20)(H2,16,21). The van der Waals surface area contributed by atoms with Gasteiger partial charge in [-0.2, -0.15) is 4.37 Å². The van der Waals surface area contributed by atoms with Crippen molar-refractivity contribution in [3.05, 3.63) is 35.3 Å². The van der Waals surface area contributed by atoms with E-state index in [1.165, 1.54) is 12.1 Å². The molecule has 0 saturated carbocycles. The fourth-order valence-corrected chi connectivity index (χ4v) is 2.43. The monoisotopic (exact) mass is 323 g/mol. The molecule has 0 aliphatic carbocycles. The number of rotatable bonds is 6. The molecule has 0 aliphatic rings. The number of aryl methyl sites for hydroxylation is 1. The fraction of sp³-hybridized carbons (Fsp3) is 0.154. The molecule has 0 unspecified atom stereocenters. The van der Waals surface area contributed by atoms with Crippen molar-refractivity contribution in [1.82, 2.24) is 4.37 Å². The fourth-order valence-electron chi connectivity index (χ4n) is 1.77. The number of amides is 2. The molecule has 9 heteroatoms. The zero-order valence-corrected chi connectivity index (χ0v) is 12.5. The molecule has 2 rings (SSSR count). The number of nitrogens with one attached hydrogen (secondary N) is 2. The van der Waals surface area contributed by atoms with Gasteiger partial charge < -0.3 is 22.1 Å². The Bertz CT molecular complexity index is 731. The van der Waals surface area contributed by atoms with Crippen molar-refractivity contribution in [2.24, 2.45) is 11.5 Å². The third-order valence-electron chi connectivity index (χ3n) is 2.74. The van der Waals surface area contributed by atoms with Crippen molar-refractivity contribution in [1.29, 1.82) is 0 Å². The number of nitrogens with zero attached hydrogens (tertiary/aromatic N) is 1. The van der Waals surface area contributed by atoms with Crippen LogP contribution in [0.4, 0.5) is 20.8 Å². The van der Waals surface area contributed by atoms with E-state index in [0.29, 0.717) is 5.00 Å². The van der Waals surface area contributed by atoms with E-state index in [9.17, 15) is 14.0 Å². The maximum Gasteiger partial charge on any atom is 0.250 e. The quantitative estimate of drug-likeness (QED) is 0.638. The lowest BCUT2D eigenvalue weighted by atomic mass is 10.1. The number of benzene rings is 1. The first kappa shape index (κ1) is 15.7. The minimum atomic E-state index is -0.774. The smallest absolute Gasteiger partial charge is 0.250 e. The van der Waals surface area contributed by atoms with Crippen molar-refractivity contribution in [3.63, 3.8) is 0 Å². The lowest BCUT2D eigenvalue weighted by molar-refractivity contribution is -0.116. The Labute approximate surface area is 129 Å². The maximum absolute atomic E-state index is 14.5. The highest BCUT2D eigenvalue weighted by Crippen LogP contribution is 2.31. The van der Waals surface area contributed by atoms with Crippen molar-refractivity contribution < 1.29 is 14.0 Å². The average molecular weight is 323 g/mol. The lowest BCUT2D eigenvalue weighted by Gasteiger charge is -2.13. The number of aromatic nitrogens is 1. The molecule has 7 nitrogen and oxygen atoms in total. The molecule has 0 fully saturated rings. The van der Waals surface area contributed by atoms with Crippen LogP contribution >= 0.6 is 11.5 Å². The Morgan fingerprint density at radius 3 is 2.64 bits per heavy atom. The van der Waals surface area contributed by atoms with Crippen LogP contribution in [0.2, 0.25) is 0 Å². The van der Waals surface area contributed by atoms with Crippen LogP contribution in [0.25, 0.3) is 0 Å². The van der Waals surface area contributed by atoms with Crippen molar-refractivity contribution in [3.8, 4) is 0 Å². The predicted octanol–water partition coefficient (Wildman–Crippen LogP) is 1.33. The van der Waals surface area contributed by atoms with Gasteiger partial charge in [0.05, 0.1) is 29.2 Å². The molecule has 22 heavy (non-hydrogen) atoms. The second kappa shape index (κ2) is 6.39. The Morgan fingerprint density at radius 2 is 2.09 bits per heavy atom. The minimum Gasteiger partial charge on any atom is -0.374 e. The topological polar surface area (TPSA) is 123 Å². The van der Waals surface area contributed by atoms with Gasteiger partial charge in [-0.3, -0.25) is 9.59 Å². The van der Waals surface area contributed by atoms with Crippen LogP contribution in [0.3, 0.4) is 0 Å². The van der Waals surface area contributed by atoms with Crippen molar-refractivity contribution in [2.45, 2.75) is 6.92 Å². The van der Waals surface area contributed by atoms with Crippen LogP contribution in [0.5, 0.6) is 0 Å². The summed E-state index contributed by atoms with van der Waals surface area (Å²) in [6.07, 6.45) is 0. The van der Waals surface area contributed by atoms with E-state index in [4.69, 9.17) is 11.5 Å². The first-order valence-corrected chi connectivity index (χ1v) is 7.00. The number of carbonyl (C=O) groups excluding carboxylic acids is 2. The zero-order chi connectivity index (χ0) is 16.3. The molecule has 0 spiro atoms. The number of hydrogen-bond donors (Lipinski definition) is 4. The predicted molar refractivity (Wildman–Crippen MR) is 82.7 cm³/mol. The second-order valence-electron chi connectivity index (χ2n) is 4.49. The van der Waals surface area contributed by atoms with Gasteiger partial charge in [0.15, 0.2) is 5.82 Å². The Hall–Kier alpha value is -2.68. The molecule has 2 aromatic rings. The van der Waals surface area contributed by atoms with Crippen molar-refractivity contribution in [2.75, 3.05) is 17.2 Å². The molecule has 6 N–H and O–H groups in total. The van der Waals surface area contributed by atoms with Crippen molar-refractivity contribution >= 4 is 39.7 Å². The Morgan fingerprint density at radius 1 is 1.36 bits per heavy atom. The number of nitrogens with two attached hydrogens (primary N) is 2. The highest BCUT2D eigenvalue weighted by atomic mass is 32.1. The molecular formula is C13H14FN5O2S. The summed E-state index contributed by atoms with van der Waals surface area (Å²) in [5, 5.41) is 5.91. The number of halogens is 1. The van der Waals surface area contributed by atoms with Crippen LogP contribution in [-0.2, 0) is 4.79 Å². The normalized spacial score (nSPS) is 10.3. The van der Waals surface area contributed by atoms with E-state index in [2.05, 4.69) is 15.0 Å². The van der Waals surface area contributed by atoms with Gasteiger partial charge in [0.25, 0.3) is 5.91 Å². The average Bonchev–Trinajstić information content (AvgIpc) is 2.84. The van der Waals surface area contributed by atoms with E-state index in [0.717, 1.165) is 17.2 Å². The van der Waals surface area contributed by atoms with E-state index in [1.54, 1.807) is 13.0 Å². The van der Waals surface area contributed by atoms with Crippen LogP contribution in [0.1, 0.15) is 16.1 Å². The SMILES string of the molecule is Cc1cc(Nc2c(C(N)=O)ccc(NCC(N)=O)c2F)sn1. The lowest BCUT2D eigenvalue weighted by Crippen LogP contribution is -2.22. The first-order chi connectivity index (χ1) is 10.4. The highest BCUT2D eigenvalue weighted by molar-refractivity contribution is 7.10. The van der Waals surface area contributed by atoms with Crippen LogP contribution < -0.4 is 22.1 Å². The largest absolute Gasteiger partial charge is 0.374 e. The zero-order valence-electron chi connectivity index (χ0n) is 11.6. The molecule has 0 bridgehead atoms. The van der Waals surface area contributed by atoms with Gasteiger partial charge in [-0.05, 0) is 36.7 Å². The summed E-state index contributed by atoms with van der Waals surface area (Å²) in [7, 11) is 0. The van der Waals surface area contributed by atoms with Gasteiger partial charge in [0.1, 0.15) is 5.00 Å². The molecular weight excluding hydrogens is 309 g/mol. The van der Waals surface area contributed by atoms with Crippen LogP contribution in [0, 0.1) is 12.7 Å². The van der Waals surface area contributed by atoms with Gasteiger partial charge in [-0.25, -0.2) is 4.39 Å². The molecule has 0 saturated heterocycles. The third-order valence-corrected chi connectivity index (χ3v) is 3.53. The minimum absolute atomic E-state index is 0.00632. The summed E-state index contributed by atoms with van der Waals surface area (Å²) in [6.45, 7) is 1.56. The first-order valence-electron chi connectivity index (χ1n) is 6.23. The van der Waals surface area contributed by atoms with Gasteiger partial charge in [-0.15, -0.1) is 0 Å². The summed E-state index contributed by atoms with van der Waals surface area (Å²) < 4.78 is 18.6. The third kappa shape index (κ3) is 3.50. The summed E-state index contributed by atoms with van der Waals surface area (Å²) in [6, 6.07) is 4.39. The maximum atomic E-state index is 14.5. The molecule has 0 radical (unpaired) electrons.